The molecule has 0 spiro atoms. The molecule has 0 saturated carbocycles. The quantitative estimate of drug-likeness (QED) is 0.840. The zero-order chi connectivity index (χ0) is 13.0. The third-order valence-electron chi connectivity index (χ3n) is 2.47. The van der Waals surface area contributed by atoms with E-state index in [1.165, 1.54) is 0 Å². The number of benzene rings is 1. The molecule has 0 bridgehead atoms. The highest BCUT2D eigenvalue weighted by Crippen LogP contribution is 2.21. The van der Waals surface area contributed by atoms with E-state index in [0.717, 1.165) is 10.0 Å². The van der Waals surface area contributed by atoms with E-state index >= 15 is 0 Å². The maximum absolute atomic E-state index is 11.7. The molecule has 0 fully saturated rings. The van der Waals surface area contributed by atoms with Gasteiger partial charge in [-0.1, -0.05) is 22.9 Å². The number of carbonyl (C=O) groups excluding carboxylic acids is 1. The summed E-state index contributed by atoms with van der Waals surface area (Å²) in [5.74, 6) is -2.58. The molecule has 0 aliphatic rings. The van der Waals surface area contributed by atoms with Crippen LogP contribution in [0.4, 0.5) is 5.69 Å². The van der Waals surface area contributed by atoms with Crippen LogP contribution in [0.2, 0.25) is 0 Å². The average molecular weight is 300 g/mol. The minimum atomic E-state index is -1.10. The minimum absolute atomic E-state index is 0.275. The van der Waals surface area contributed by atoms with E-state index in [2.05, 4.69) is 21.2 Å². The van der Waals surface area contributed by atoms with Crippen molar-refractivity contribution in [2.24, 2.45) is 5.92 Å². The van der Waals surface area contributed by atoms with Crippen LogP contribution in [0.15, 0.2) is 22.7 Å². The van der Waals surface area contributed by atoms with Crippen LogP contribution in [-0.2, 0) is 9.59 Å². The maximum Gasteiger partial charge on any atom is 0.316 e. The normalized spacial score (nSPS) is 11.9. The highest BCUT2D eigenvalue weighted by Gasteiger charge is 2.24. The number of carbonyl (C=O) groups is 2. The number of anilines is 1. The standard InChI is InChI=1S/C12H14BrNO3/c1-3-9(12(16)17)11(15)14-10-5-4-8(13)6-7(10)2/h4-6,9H,3H2,1-2H3,(H,14,15)(H,16,17). The first-order chi connectivity index (χ1) is 7.95. The Hall–Kier alpha value is -1.36. The number of hydrogen-bond acceptors (Lipinski definition) is 2. The van der Waals surface area contributed by atoms with Gasteiger partial charge in [-0.05, 0) is 37.1 Å². The number of rotatable bonds is 4. The molecule has 0 aliphatic carbocycles. The summed E-state index contributed by atoms with van der Waals surface area (Å²) < 4.78 is 0.915. The summed E-state index contributed by atoms with van der Waals surface area (Å²) in [5, 5.41) is 11.5. The Kier molecular flexibility index (Phi) is 4.69. The van der Waals surface area contributed by atoms with Crippen molar-refractivity contribution in [2.75, 3.05) is 5.32 Å². The molecule has 0 heterocycles. The van der Waals surface area contributed by atoms with Crippen LogP contribution in [0.5, 0.6) is 0 Å². The van der Waals surface area contributed by atoms with Gasteiger partial charge in [0.1, 0.15) is 5.92 Å². The van der Waals surface area contributed by atoms with E-state index in [1.807, 2.05) is 13.0 Å². The van der Waals surface area contributed by atoms with Crippen molar-refractivity contribution < 1.29 is 14.7 Å². The fourth-order valence-corrected chi connectivity index (χ4v) is 1.93. The van der Waals surface area contributed by atoms with E-state index in [4.69, 9.17) is 5.11 Å². The van der Waals surface area contributed by atoms with Gasteiger partial charge in [0.15, 0.2) is 0 Å². The third kappa shape index (κ3) is 3.56. The highest BCUT2D eigenvalue weighted by atomic mass is 79.9. The Morgan fingerprint density at radius 2 is 2.12 bits per heavy atom. The predicted molar refractivity (Wildman–Crippen MR) is 68.9 cm³/mol. The first-order valence-electron chi connectivity index (χ1n) is 5.25. The molecule has 0 aromatic heterocycles. The number of nitrogens with one attached hydrogen (secondary N) is 1. The second kappa shape index (κ2) is 5.82. The van der Waals surface area contributed by atoms with Crippen LogP contribution in [0, 0.1) is 12.8 Å². The molecule has 92 valence electrons. The van der Waals surface area contributed by atoms with Gasteiger partial charge in [0.25, 0.3) is 0 Å². The lowest BCUT2D eigenvalue weighted by molar-refractivity contribution is -0.145. The molecule has 4 nitrogen and oxygen atoms in total. The van der Waals surface area contributed by atoms with Crippen LogP contribution < -0.4 is 5.32 Å². The monoisotopic (exact) mass is 299 g/mol. The first kappa shape index (κ1) is 13.7. The summed E-state index contributed by atoms with van der Waals surface area (Å²) in [4.78, 5) is 22.6. The smallest absolute Gasteiger partial charge is 0.316 e. The van der Waals surface area contributed by atoms with Gasteiger partial charge >= 0.3 is 5.97 Å². The Bertz CT molecular complexity index is 445. The summed E-state index contributed by atoms with van der Waals surface area (Å²) in [6.45, 7) is 3.52. The molecule has 5 heteroatoms. The van der Waals surface area contributed by atoms with Crippen molar-refractivity contribution in [2.45, 2.75) is 20.3 Å². The lowest BCUT2D eigenvalue weighted by Gasteiger charge is -2.12. The van der Waals surface area contributed by atoms with Crippen LogP contribution in [0.3, 0.4) is 0 Å². The summed E-state index contributed by atoms with van der Waals surface area (Å²) in [5.41, 5.74) is 1.52. The largest absolute Gasteiger partial charge is 0.481 e. The molecule has 17 heavy (non-hydrogen) atoms. The summed E-state index contributed by atoms with van der Waals surface area (Å²) in [6.07, 6.45) is 0.275. The highest BCUT2D eigenvalue weighted by molar-refractivity contribution is 9.10. The Morgan fingerprint density at radius 3 is 2.59 bits per heavy atom. The van der Waals surface area contributed by atoms with Crippen molar-refractivity contribution in [1.29, 1.82) is 0 Å². The molecule has 0 radical (unpaired) electrons. The number of carboxylic acid groups (broad SMARTS) is 1. The maximum atomic E-state index is 11.7. The second-order valence-electron chi connectivity index (χ2n) is 3.75. The van der Waals surface area contributed by atoms with Crippen LogP contribution in [0.25, 0.3) is 0 Å². The molecule has 1 amide bonds. The van der Waals surface area contributed by atoms with Crippen LogP contribution in [-0.4, -0.2) is 17.0 Å². The zero-order valence-electron chi connectivity index (χ0n) is 9.66. The van der Waals surface area contributed by atoms with Crippen molar-refractivity contribution >= 4 is 33.5 Å². The Morgan fingerprint density at radius 1 is 1.47 bits per heavy atom. The number of hydrogen-bond donors (Lipinski definition) is 2. The van der Waals surface area contributed by atoms with Gasteiger partial charge in [0, 0.05) is 10.2 Å². The molecule has 1 aromatic rings. The third-order valence-corrected chi connectivity index (χ3v) is 2.96. The molecule has 1 aromatic carbocycles. The summed E-state index contributed by atoms with van der Waals surface area (Å²) in [7, 11) is 0. The molecule has 0 aliphatic heterocycles. The second-order valence-corrected chi connectivity index (χ2v) is 4.66. The van der Waals surface area contributed by atoms with Crippen LogP contribution in [0.1, 0.15) is 18.9 Å². The van der Waals surface area contributed by atoms with E-state index in [9.17, 15) is 9.59 Å². The molecular formula is C12H14BrNO3. The molecule has 2 N–H and O–H groups in total. The molecule has 1 unspecified atom stereocenters. The number of halogens is 1. The SMILES string of the molecule is CCC(C(=O)O)C(=O)Nc1ccc(Br)cc1C. The Labute approximate surface area is 108 Å². The number of aliphatic carboxylic acids is 1. The lowest BCUT2D eigenvalue weighted by Crippen LogP contribution is -2.29. The van der Waals surface area contributed by atoms with E-state index in [0.29, 0.717) is 5.69 Å². The van der Waals surface area contributed by atoms with Crippen molar-refractivity contribution in [1.82, 2.24) is 0 Å². The first-order valence-corrected chi connectivity index (χ1v) is 6.04. The van der Waals surface area contributed by atoms with Crippen LogP contribution >= 0.6 is 15.9 Å². The lowest BCUT2D eigenvalue weighted by atomic mass is 10.1. The Balaban J connectivity index is 2.84. The fourth-order valence-electron chi connectivity index (χ4n) is 1.46. The van der Waals surface area contributed by atoms with E-state index in [1.54, 1.807) is 19.1 Å². The van der Waals surface area contributed by atoms with Gasteiger partial charge in [-0.25, -0.2) is 0 Å². The van der Waals surface area contributed by atoms with Crippen molar-refractivity contribution in [3.05, 3.63) is 28.2 Å². The van der Waals surface area contributed by atoms with Gasteiger partial charge in [-0.2, -0.15) is 0 Å². The number of aryl methyl sites for hydroxylation is 1. The molecular weight excluding hydrogens is 286 g/mol. The molecule has 0 saturated heterocycles. The minimum Gasteiger partial charge on any atom is -0.481 e. The van der Waals surface area contributed by atoms with Gasteiger partial charge in [0.2, 0.25) is 5.91 Å². The number of carboxylic acids is 1. The van der Waals surface area contributed by atoms with Gasteiger partial charge in [0.05, 0.1) is 0 Å². The van der Waals surface area contributed by atoms with Gasteiger partial charge in [-0.3, -0.25) is 9.59 Å². The summed E-state index contributed by atoms with van der Waals surface area (Å²) >= 11 is 3.32. The number of amides is 1. The molecule has 1 rings (SSSR count). The van der Waals surface area contributed by atoms with Crippen molar-refractivity contribution in [3.63, 3.8) is 0 Å². The topological polar surface area (TPSA) is 66.4 Å². The zero-order valence-corrected chi connectivity index (χ0v) is 11.2. The fraction of sp³-hybridized carbons (Fsp3) is 0.333. The van der Waals surface area contributed by atoms with E-state index in [-0.39, 0.29) is 6.42 Å². The average Bonchev–Trinajstić information content (AvgIpc) is 2.22. The predicted octanol–water partition coefficient (Wildman–Crippen LogP) is 2.81. The van der Waals surface area contributed by atoms with E-state index < -0.39 is 17.8 Å². The summed E-state index contributed by atoms with van der Waals surface area (Å²) in [6, 6.07) is 5.40. The molecule has 1 atom stereocenters. The van der Waals surface area contributed by atoms with Gasteiger partial charge in [-0.15, -0.1) is 0 Å². The van der Waals surface area contributed by atoms with Crippen molar-refractivity contribution in [3.8, 4) is 0 Å². The van der Waals surface area contributed by atoms with Gasteiger partial charge < -0.3 is 10.4 Å².